The molecule has 6 nitrogen and oxygen atoms in total. The van der Waals surface area contributed by atoms with Gasteiger partial charge in [0, 0.05) is 86.1 Å². The van der Waals surface area contributed by atoms with E-state index in [1.54, 1.807) is 17.7 Å². The average Bonchev–Trinajstić information content (AvgIpc) is 3.45. The van der Waals surface area contributed by atoms with E-state index in [0.717, 1.165) is 44.8 Å². The molecule has 0 bridgehead atoms. The van der Waals surface area contributed by atoms with E-state index in [0.29, 0.717) is 11.4 Å². The van der Waals surface area contributed by atoms with E-state index in [2.05, 4.69) is 52.3 Å². The largest absolute Gasteiger partial charge is 0.378 e. The van der Waals surface area contributed by atoms with Crippen molar-refractivity contribution < 1.29 is 0 Å². The van der Waals surface area contributed by atoms with Crippen molar-refractivity contribution in [3.63, 3.8) is 0 Å². The Balaban J connectivity index is 1.38. The lowest BCUT2D eigenvalue weighted by molar-refractivity contribution is 0.881. The first-order valence-corrected chi connectivity index (χ1v) is 15.6. The summed E-state index contributed by atoms with van der Waals surface area (Å²) in [6.45, 7) is 0. The van der Waals surface area contributed by atoms with Crippen molar-refractivity contribution in [1.82, 2.24) is 9.55 Å². The lowest BCUT2D eigenvalue weighted by atomic mass is 10.1. The molecule has 5 rings (SSSR count). The van der Waals surface area contributed by atoms with Gasteiger partial charge in [0.15, 0.2) is 11.4 Å². The van der Waals surface area contributed by atoms with Crippen molar-refractivity contribution in [2.75, 3.05) is 38.0 Å². The second-order valence-electron chi connectivity index (χ2n) is 11.5. The van der Waals surface area contributed by atoms with Crippen molar-refractivity contribution in [1.29, 1.82) is 10.5 Å². The van der Waals surface area contributed by atoms with Crippen LogP contribution in [0.25, 0.3) is 6.08 Å². The van der Waals surface area contributed by atoms with Crippen LogP contribution in [-0.4, -0.2) is 37.7 Å². The molecule has 0 radical (unpaired) electrons. The molecule has 6 heteroatoms. The Kier molecular flexibility index (Phi) is 10.9. The SMILES string of the molecule is CN(C)c1ccc(C#Cc2ccc(C#CC(C#Cc3ccc(C#Cc4ccc(N(C)C)cc4)cc3)=Cc3nc(C#N)c(C#N)n3C)cc2)cc1. The molecule has 0 aliphatic rings. The van der Waals surface area contributed by atoms with Crippen LogP contribution >= 0.6 is 0 Å². The highest BCUT2D eigenvalue weighted by Gasteiger charge is 2.12. The number of imidazole rings is 1. The highest BCUT2D eigenvalue weighted by molar-refractivity contribution is 5.65. The third-order valence-electron chi connectivity index (χ3n) is 7.54. The molecule has 5 aromatic rings. The van der Waals surface area contributed by atoms with Gasteiger partial charge < -0.3 is 14.4 Å². The molecule has 0 aliphatic heterocycles. The van der Waals surface area contributed by atoms with Crippen LogP contribution < -0.4 is 9.80 Å². The van der Waals surface area contributed by atoms with Crippen molar-refractivity contribution in [3.8, 4) is 59.5 Å². The molecule has 4 aromatic carbocycles. The number of rotatable bonds is 3. The van der Waals surface area contributed by atoms with Crippen LogP contribution in [0.3, 0.4) is 0 Å². The molecule has 0 fully saturated rings. The molecular weight excluding hydrogens is 613 g/mol. The van der Waals surface area contributed by atoms with Crippen molar-refractivity contribution >= 4 is 17.5 Å². The second-order valence-corrected chi connectivity index (χ2v) is 11.5. The number of hydrogen-bond acceptors (Lipinski definition) is 5. The van der Waals surface area contributed by atoms with Gasteiger partial charge >= 0.3 is 0 Å². The minimum absolute atomic E-state index is 0.0530. The van der Waals surface area contributed by atoms with E-state index in [4.69, 9.17) is 0 Å². The van der Waals surface area contributed by atoms with Gasteiger partial charge in [0.05, 0.1) is 5.57 Å². The Morgan fingerprint density at radius 1 is 0.540 bits per heavy atom. The molecule has 1 aromatic heterocycles. The van der Waals surface area contributed by atoms with E-state index in [1.165, 1.54) is 0 Å². The Hall–Kier alpha value is -7.35. The topological polar surface area (TPSA) is 71.9 Å². The number of anilines is 2. The smallest absolute Gasteiger partial charge is 0.177 e. The lowest BCUT2D eigenvalue weighted by Gasteiger charge is -2.11. The summed E-state index contributed by atoms with van der Waals surface area (Å²) in [5.74, 6) is 25.9. The number of benzene rings is 4. The first-order valence-electron chi connectivity index (χ1n) is 15.6. The third-order valence-corrected chi connectivity index (χ3v) is 7.54. The van der Waals surface area contributed by atoms with E-state index < -0.39 is 0 Å². The number of nitriles is 2. The first kappa shape index (κ1) is 34.0. The Labute approximate surface area is 294 Å². The van der Waals surface area contributed by atoms with Crippen LogP contribution in [0.4, 0.5) is 11.4 Å². The van der Waals surface area contributed by atoms with Gasteiger partial charge in [-0.25, -0.2) is 4.98 Å². The van der Waals surface area contributed by atoms with Gasteiger partial charge in [-0.2, -0.15) is 10.5 Å². The minimum Gasteiger partial charge on any atom is -0.378 e. The normalized spacial score (nSPS) is 9.42. The maximum atomic E-state index is 9.53. The quantitative estimate of drug-likeness (QED) is 0.208. The molecule has 0 saturated carbocycles. The summed E-state index contributed by atoms with van der Waals surface area (Å²) < 4.78 is 1.56. The van der Waals surface area contributed by atoms with Crippen LogP contribution in [0.2, 0.25) is 0 Å². The molecule has 0 atom stereocenters. The van der Waals surface area contributed by atoms with Gasteiger partial charge in [-0.3, -0.25) is 0 Å². The molecule has 0 unspecified atom stereocenters. The Morgan fingerprint density at radius 3 is 1.18 bits per heavy atom. The van der Waals surface area contributed by atoms with Crippen molar-refractivity contribution in [2.24, 2.45) is 7.05 Å². The summed E-state index contributed by atoms with van der Waals surface area (Å²) in [5.41, 5.74) is 8.15. The monoisotopic (exact) mass is 644 g/mol. The minimum atomic E-state index is 0.0530. The number of aromatic nitrogens is 2. The van der Waals surface area contributed by atoms with Crippen LogP contribution in [0, 0.1) is 70.0 Å². The van der Waals surface area contributed by atoms with E-state index in [1.807, 2.05) is 147 Å². The predicted octanol–water partition coefficient (Wildman–Crippen LogP) is 6.58. The summed E-state index contributed by atoms with van der Waals surface area (Å²) in [6.07, 6.45) is 1.69. The maximum Gasteiger partial charge on any atom is 0.177 e. The van der Waals surface area contributed by atoms with Crippen LogP contribution in [0.1, 0.15) is 50.6 Å². The Bertz CT molecular complexity index is 2250. The van der Waals surface area contributed by atoms with Gasteiger partial charge in [0.2, 0.25) is 0 Å². The van der Waals surface area contributed by atoms with Crippen LogP contribution in [0.15, 0.2) is 103 Å². The average molecular weight is 645 g/mol. The fourth-order valence-electron chi connectivity index (χ4n) is 4.61. The summed E-state index contributed by atoms with van der Waals surface area (Å²) >= 11 is 0. The van der Waals surface area contributed by atoms with Gasteiger partial charge in [-0.05, 0) is 97.1 Å². The highest BCUT2D eigenvalue weighted by Crippen LogP contribution is 2.15. The zero-order chi connectivity index (χ0) is 35.5. The third kappa shape index (κ3) is 8.92. The Morgan fingerprint density at radius 2 is 0.880 bits per heavy atom. The molecule has 0 aliphatic carbocycles. The fraction of sp³-hybridized carbons (Fsp3) is 0.114. The van der Waals surface area contributed by atoms with Crippen LogP contribution in [-0.2, 0) is 7.05 Å². The summed E-state index contributed by atoms with van der Waals surface area (Å²) in [6, 6.07) is 35.6. The van der Waals surface area contributed by atoms with Crippen LogP contribution in [0.5, 0.6) is 0 Å². The summed E-state index contributed by atoms with van der Waals surface area (Å²) in [5, 5.41) is 19.0. The number of allylic oxidation sites excluding steroid dienone is 1. The molecule has 238 valence electrons. The van der Waals surface area contributed by atoms with Gasteiger partial charge in [0.1, 0.15) is 18.0 Å². The van der Waals surface area contributed by atoms with Crippen molar-refractivity contribution in [2.45, 2.75) is 0 Å². The molecule has 50 heavy (non-hydrogen) atoms. The molecule has 0 spiro atoms. The lowest BCUT2D eigenvalue weighted by Crippen LogP contribution is -2.07. The zero-order valence-corrected chi connectivity index (χ0v) is 28.5. The predicted molar refractivity (Wildman–Crippen MR) is 201 cm³/mol. The van der Waals surface area contributed by atoms with Gasteiger partial charge in [-0.15, -0.1) is 0 Å². The van der Waals surface area contributed by atoms with E-state index >= 15 is 0 Å². The van der Waals surface area contributed by atoms with E-state index in [9.17, 15) is 10.5 Å². The molecular formula is C44H32N6. The zero-order valence-electron chi connectivity index (χ0n) is 28.5. The number of nitrogens with zero attached hydrogens (tertiary/aromatic N) is 6. The standard InChI is InChI=1S/C44H32N6/c1-48(2)40-26-22-37(23-27-40)16-14-33-6-10-35(11-7-33)18-20-39(30-44-47-42(31-45)43(32-46)50(44)5)21-19-36-12-8-34(9-13-36)15-17-38-24-28-41(29-25-38)49(3)4/h6-13,22-30H,1-5H3. The second kappa shape index (κ2) is 16.0. The summed E-state index contributed by atoms with van der Waals surface area (Å²) in [7, 11) is 9.71. The maximum absolute atomic E-state index is 9.53. The van der Waals surface area contributed by atoms with Crippen molar-refractivity contribution in [3.05, 3.63) is 153 Å². The first-order chi connectivity index (χ1) is 24.2. The van der Waals surface area contributed by atoms with Gasteiger partial charge in [-0.1, -0.05) is 47.4 Å². The fourth-order valence-corrected chi connectivity index (χ4v) is 4.61. The highest BCUT2D eigenvalue weighted by atomic mass is 15.1. The summed E-state index contributed by atoms with van der Waals surface area (Å²) in [4.78, 5) is 8.42. The molecule has 0 amide bonds. The van der Waals surface area contributed by atoms with Gasteiger partial charge in [0.25, 0.3) is 0 Å². The number of hydrogen-bond donors (Lipinski definition) is 0. The van der Waals surface area contributed by atoms with E-state index in [-0.39, 0.29) is 11.4 Å². The molecule has 0 saturated heterocycles. The molecule has 1 heterocycles. The molecule has 0 N–H and O–H groups in total.